The van der Waals surface area contributed by atoms with E-state index >= 15 is 0 Å². The summed E-state index contributed by atoms with van der Waals surface area (Å²) in [4.78, 5) is 43.1. The maximum absolute atomic E-state index is 13.9. The monoisotopic (exact) mass is 570 g/mol. The molecular formula is C28H27ClN2O7S. The molecule has 9 nitrogen and oxygen atoms in total. The molecule has 11 heteroatoms. The summed E-state index contributed by atoms with van der Waals surface area (Å²) in [6, 6.07) is 10.9. The molecule has 0 radical (unpaired) electrons. The van der Waals surface area contributed by atoms with Gasteiger partial charge < -0.3 is 19.3 Å². The number of esters is 1. The highest BCUT2D eigenvalue weighted by Gasteiger charge is 2.36. The number of methoxy groups -OCH3 is 1. The molecule has 39 heavy (non-hydrogen) atoms. The van der Waals surface area contributed by atoms with Crippen LogP contribution in [0, 0.1) is 0 Å². The first-order chi connectivity index (χ1) is 18.8. The molecule has 1 aliphatic rings. The van der Waals surface area contributed by atoms with Gasteiger partial charge in [0.15, 0.2) is 11.4 Å². The first-order valence-electron chi connectivity index (χ1n) is 12.3. The average molecular weight is 571 g/mol. The molecule has 0 aliphatic carbocycles. The zero-order valence-electron chi connectivity index (χ0n) is 21.6. The number of aromatic nitrogens is 1. The van der Waals surface area contributed by atoms with Gasteiger partial charge in [-0.1, -0.05) is 48.4 Å². The molecule has 1 aromatic heterocycles. The molecule has 2 heterocycles. The maximum Gasteiger partial charge on any atom is 0.341 e. The van der Waals surface area contributed by atoms with Crippen LogP contribution in [0.25, 0.3) is 6.08 Å². The van der Waals surface area contributed by atoms with E-state index in [0.29, 0.717) is 49.1 Å². The van der Waals surface area contributed by atoms with Gasteiger partial charge in [0.2, 0.25) is 0 Å². The Balaban J connectivity index is 1.92. The number of thiazole rings is 1. The van der Waals surface area contributed by atoms with E-state index in [9.17, 15) is 14.4 Å². The lowest BCUT2D eigenvalue weighted by molar-refractivity contribution is -0.140. The molecule has 3 aromatic rings. The minimum atomic E-state index is -1.07. The number of hydrogen-bond acceptors (Lipinski definition) is 8. The number of aliphatic carboxylic acids is 1. The van der Waals surface area contributed by atoms with E-state index in [1.165, 1.54) is 23.0 Å². The number of carboxylic acid groups (broad SMARTS) is 1. The molecule has 0 bridgehead atoms. The zero-order valence-corrected chi connectivity index (χ0v) is 23.2. The second-order valence-corrected chi connectivity index (χ2v) is 10.00. The van der Waals surface area contributed by atoms with Crippen LogP contribution < -0.4 is 24.4 Å². The Hall–Kier alpha value is -3.89. The quantitative estimate of drug-likeness (QED) is 0.369. The molecule has 1 aliphatic heterocycles. The highest BCUT2D eigenvalue weighted by Crippen LogP contribution is 2.38. The smallest absolute Gasteiger partial charge is 0.341 e. The first-order valence-corrected chi connectivity index (χ1v) is 13.5. The second kappa shape index (κ2) is 12.3. The van der Waals surface area contributed by atoms with Crippen molar-refractivity contribution in [2.75, 3.05) is 20.3 Å². The van der Waals surface area contributed by atoms with Crippen molar-refractivity contribution in [3.63, 3.8) is 0 Å². The Morgan fingerprint density at radius 2 is 1.92 bits per heavy atom. The van der Waals surface area contributed by atoms with Gasteiger partial charge in [-0.2, -0.15) is 0 Å². The number of nitrogens with zero attached hydrogens (tertiary/aromatic N) is 2. The molecule has 0 unspecified atom stereocenters. The van der Waals surface area contributed by atoms with Crippen molar-refractivity contribution in [3.8, 4) is 11.5 Å². The number of carbonyl (C=O) groups is 2. The topological polar surface area (TPSA) is 116 Å². The molecule has 0 saturated heterocycles. The molecule has 0 fully saturated rings. The summed E-state index contributed by atoms with van der Waals surface area (Å²) in [5.74, 6) is -0.763. The summed E-state index contributed by atoms with van der Waals surface area (Å²) in [6.07, 6.45) is 2.95. The second-order valence-electron chi connectivity index (χ2n) is 8.55. The van der Waals surface area contributed by atoms with Crippen LogP contribution in [0.1, 0.15) is 43.9 Å². The van der Waals surface area contributed by atoms with Crippen LogP contribution in [-0.4, -0.2) is 41.9 Å². The van der Waals surface area contributed by atoms with Crippen molar-refractivity contribution in [3.05, 3.63) is 89.6 Å². The van der Waals surface area contributed by atoms with E-state index in [2.05, 4.69) is 0 Å². The molecular weight excluding hydrogens is 544 g/mol. The fourth-order valence-corrected chi connectivity index (χ4v) is 5.49. The number of carbonyl (C=O) groups excluding carboxylic acids is 1. The number of allylic oxidation sites excluding steroid dienone is 1. The van der Waals surface area contributed by atoms with Crippen LogP contribution in [0.15, 0.2) is 63.5 Å². The minimum Gasteiger partial charge on any atom is -0.496 e. The van der Waals surface area contributed by atoms with E-state index in [0.717, 1.165) is 6.42 Å². The summed E-state index contributed by atoms with van der Waals surface area (Å²) in [6.45, 7) is 3.42. The fourth-order valence-electron chi connectivity index (χ4n) is 4.29. The fraction of sp³-hybridized carbons (Fsp3) is 0.286. The molecule has 1 N–H and O–H groups in total. The Bertz CT molecular complexity index is 1610. The van der Waals surface area contributed by atoms with Crippen molar-refractivity contribution in [1.29, 1.82) is 0 Å². The average Bonchev–Trinajstić information content (AvgIpc) is 3.22. The van der Waals surface area contributed by atoms with Crippen molar-refractivity contribution in [2.45, 2.75) is 32.7 Å². The van der Waals surface area contributed by atoms with E-state index in [1.807, 2.05) is 6.92 Å². The molecule has 2 aromatic carbocycles. The van der Waals surface area contributed by atoms with Crippen LogP contribution in [0.2, 0.25) is 5.02 Å². The summed E-state index contributed by atoms with van der Waals surface area (Å²) in [5, 5.41) is 9.22. The van der Waals surface area contributed by atoms with Crippen LogP contribution in [0.4, 0.5) is 0 Å². The normalized spacial score (nSPS) is 15.0. The highest BCUT2D eigenvalue weighted by atomic mass is 35.5. The van der Waals surface area contributed by atoms with Crippen molar-refractivity contribution < 1.29 is 28.9 Å². The lowest BCUT2D eigenvalue weighted by Gasteiger charge is -2.27. The van der Waals surface area contributed by atoms with Crippen molar-refractivity contribution in [1.82, 2.24) is 4.57 Å². The summed E-state index contributed by atoms with van der Waals surface area (Å²) in [7, 11) is 1.51. The van der Waals surface area contributed by atoms with Gasteiger partial charge in [0.05, 0.1) is 29.5 Å². The summed E-state index contributed by atoms with van der Waals surface area (Å²) >= 11 is 7.57. The number of carboxylic acids is 1. The Morgan fingerprint density at radius 3 is 2.56 bits per heavy atom. The number of hydrogen-bond donors (Lipinski definition) is 1. The summed E-state index contributed by atoms with van der Waals surface area (Å²) < 4.78 is 18.1. The third kappa shape index (κ3) is 6.07. The predicted octanol–water partition coefficient (Wildman–Crippen LogP) is 3.70. The minimum absolute atomic E-state index is 0.164. The maximum atomic E-state index is 13.9. The van der Waals surface area contributed by atoms with E-state index in [4.69, 9.17) is 35.9 Å². The molecule has 0 saturated carbocycles. The van der Waals surface area contributed by atoms with Gasteiger partial charge in [0.1, 0.15) is 17.5 Å². The standard InChI is InChI=1S/C28H27ClN2O7S/c1-4-6-20-24(27(35)37-5-2)25(19-14-17(29)9-12-21(19)36-3)31-26(34)22(39-28(31)30-20)13-16-7-10-18(11-8-16)38-15-23(32)33/h7-14,25H,4-6,15H2,1-3H3,(H,32,33)/b22-13+/t25-/m0/s1. The van der Waals surface area contributed by atoms with Crippen LogP contribution in [0.3, 0.4) is 0 Å². The molecule has 0 spiro atoms. The van der Waals surface area contributed by atoms with Crippen LogP contribution in [0.5, 0.6) is 11.5 Å². The van der Waals surface area contributed by atoms with Gasteiger partial charge in [-0.15, -0.1) is 0 Å². The Labute approximate surface area is 233 Å². The van der Waals surface area contributed by atoms with E-state index in [1.54, 1.807) is 55.5 Å². The molecule has 204 valence electrons. The third-order valence-corrected chi connectivity index (χ3v) is 7.14. The molecule has 0 amide bonds. The molecule has 4 rings (SSSR count). The SMILES string of the molecule is CCCC1=C(C(=O)OCC)[C@H](c2cc(Cl)ccc2OC)n2c(s/c(=C/c3ccc(OCC(=O)O)cc3)c2=O)=N1. The van der Waals surface area contributed by atoms with Gasteiger partial charge in [-0.05, 0) is 55.3 Å². The van der Waals surface area contributed by atoms with Crippen LogP contribution >= 0.6 is 22.9 Å². The highest BCUT2D eigenvalue weighted by molar-refractivity contribution is 7.07. The summed E-state index contributed by atoms with van der Waals surface area (Å²) in [5.41, 5.74) is 1.74. The lowest BCUT2D eigenvalue weighted by Crippen LogP contribution is -2.40. The number of ether oxygens (including phenoxy) is 3. The Morgan fingerprint density at radius 1 is 1.18 bits per heavy atom. The Kier molecular flexibility index (Phi) is 8.88. The van der Waals surface area contributed by atoms with Gasteiger partial charge >= 0.3 is 11.9 Å². The number of halogens is 1. The number of fused-ring (bicyclic) bond motifs is 1. The van der Waals surface area contributed by atoms with Crippen molar-refractivity contribution >= 4 is 41.0 Å². The largest absolute Gasteiger partial charge is 0.496 e. The van der Waals surface area contributed by atoms with Crippen molar-refractivity contribution in [2.24, 2.45) is 4.99 Å². The van der Waals surface area contributed by atoms with Gasteiger partial charge in [0, 0.05) is 10.6 Å². The number of rotatable bonds is 10. The number of benzene rings is 2. The lowest BCUT2D eigenvalue weighted by atomic mass is 9.93. The third-order valence-electron chi connectivity index (χ3n) is 5.92. The van der Waals surface area contributed by atoms with Gasteiger partial charge in [-0.3, -0.25) is 9.36 Å². The van der Waals surface area contributed by atoms with Gasteiger partial charge in [-0.25, -0.2) is 14.6 Å². The molecule has 1 atom stereocenters. The van der Waals surface area contributed by atoms with E-state index in [-0.39, 0.29) is 17.7 Å². The zero-order chi connectivity index (χ0) is 28.1. The van der Waals surface area contributed by atoms with Gasteiger partial charge in [0.25, 0.3) is 5.56 Å². The van der Waals surface area contributed by atoms with Crippen LogP contribution in [-0.2, 0) is 14.3 Å². The van der Waals surface area contributed by atoms with E-state index < -0.39 is 24.6 Å². The first kappa shape index (κ1) is 28.1. The predicted molar refractivity (Wildman–Crippen MR) is 147 cm³/mol.